The summed E-state index contributed by atoms with van der Waals surface area (Å²) >= 11 is 6.14. The Kier molecular flexibility index (Phi) is 4.59. The summed E-state index contributed by atoms with van der Waals surface area (Å²) in [5.74, 6) is -1.06. The zero-order chi connectivity index (χ0) is 18.4. The molecule has 2 bridgehead atoms. The smallest absolute Gasteiger partial charge is 0.307 e. The summed E-state index contributed by atoms with van der Waals surface area (Å²) in [6.07, 6.45) is 2.88. The van der Waals surface area contributed by atoms with Crippen molar-refractivity contribution in [2.75, 3.05) is 31.1 Å². The zero-order valence-electron chi connectivity index (χ0n) is 15.0. The molecule has 0 unspecified atom stereocenters. The molecule has 5 nitrogen and oxygen atoms in total. The van der Waals surface area contributed by atoms with Gasteiger partial charge in [-0.15, -0.1) is 0 Å². The molecule has 4 atom stereocenters. The average molecular weight is 377 g/mol. The maximum atomic E-state index is 13.1. The first-order valence-corrected chi connectivity index (χ1v) is 9.86. The van der Waals surface area contributed by atoms with E-state index >= 15 is 0 Å². The molecule has 0 aromatic heterocycles. The molecule has 3 fully saturated rings. The summed E-state index contributed by atoms with van der Waals surface area (Å²) < 4.78 is 0. The second-order valence-corrected chi connectivity index (χ2v) is 8.40. The Morgan fingerprint density at radius 2 is 1.73 bits per heavy atom. The van der Waals surface area contributed by atoms with Crippen molar-refractivity contribution in [1.29, 1.82) is 0 Å². The Morgan fingerprint density at radius 1 is 1.08 bits per heavy atom. The first kappa shape index (κ1) is 17.7. The van der Waals surface area contributed by atoms with E-state index in [-0.39, 0.29) is 23.7 Å². The van der Waals surface area contributed by atoms with Gasteiger partial charge in [0.05, 0.1) is 11.8 Å². The molecule has 1 amide bonds. The summed E-state index contributed by atoms with van der Waals surface area (Å²) in [4.78, 5) is 28.9. The van der Waals surface area contributed by atoms with E-state index in [1.54, 1.807) is 0 Å². The third-order valence-corrected chi connectivity index (χ3v) is 6.82. The number of hydrogen-bond donors (Lipinski definition) is 1. The lowest BCUT2D eigenvalue weighted by Gasteiger charge is -2.39. The zero-order valence-corrected chi connectivity index (χ0v) is 15.8. The lowest BCUT2D eigenvalue weighted by atomic mass is 9.78. The van der Waals surface area contributed by atoms with Gasteiger partial charge in [0.25, 0.3) is 0 Å². The monoisotopic (exact) mass is 376 g/mol. The van der Waals surface area contributed by atoms with Crippen LogP contribution in [0.1, 0.15) is 24.8 Å². The highest BCUT2D eigenvalue weighted by Crippen LogP contribution is 2.53. The van der Waals surface area contributed by atoms with E-state index in [1.165, 1.54) is 5.56 Å². The molecular weight excluding hydrogens is 352 g/mol. The fourth-order valence-electron chi connectivity index (χ4n) is 5.30. The van der Waals surface area contributed by atoms with E-state index in [0.717, 1.165) is 43.1 Å². The Balaban J connectivity index is 1.44. The molecule has 1 saturated heterocycles. The van der Waals surface area contributed by atoms with Crippen molar-refractivity contribution in [3.63, 3.8) is 0 Å². The molecule has 1 N–H and O–H groups in total. The number of aliphatic carboxylic acids is 1. The van der Waals surface area contributed by atoms with Gasteiger partial charge in [-0.05, 0) is 55.7 Å². The topological polar surface area (TPSA) is 60.9 Å². The van der Waals surface area contributed by atoms with Crippen LogP contribution in [-0.2, 0) is 9.59 Å². The van der Waals surface area contributed by atoms with Gasteiger partial charge in [0.15, 0.2) is 0 Å². The van der Waals surface area contributed by atoms with E-state index < -0.39 is 11.9 Å². The third-order valence-electron chi connectivity index (χ3n) is 6.59. The minimum atomic E-state index is -0.788. The van der Waals surface area contributed by atoms with Crippen LogP contribution in [0, 0.1) is 30.6 Å². The van der Waals surface area contributed by atoms with Crippen molar-refractivity contribution >= 4 is 29.2 Å². The number of anilines is 1. The van der Waals surface area contributed by atoms with Crippen molar-refractivity contribution in [3.05, 3.63) is 28.8 Å². The fraction of sp³-hybridized carbons (Fsp3) is 0.600. The van der Waals surface area contributed by atoms with Crippen LogP contribution in [0.25, 0.3) is 0 Å². The number of carbonyl (C=O) groups is 2. The molecule has 4 rings (SSSR count). The number of piperazine rings is 1. The highest BCUT2D eigenvalue weighted by molar-refractivity contribution is 6.30. The lowest BCUT2D eigenvalue weighted by molar-refractivity contribution is -0.153. The summed E-state index contributed by atoms with van der Waals surface area (Å²) in [5.41, 5.74) is 2.29. The van der Waals surface area contributed by atoms with Gasteiger partial charge in [0, 0.05) is 36.9 Å². The quantitative estimate of drug-likeness (QED) is 0.880. The van der Waals surface area contributed by atoms with Gasteiger partial charge in [0.1, 0.15) is 0 Å². The predicted octanol–water partition coefficient (Wildman–Crippen LogP) is 3.04. The molecule has 2 aliphatic carbocycles. The molecule has 140 valence electrons. The van der Waals surface area contributed by atoms with Crippen molar-refractivity contribution in [1.82, 2.24) is 4.90 Å². The van der Waals surface area contributed by atoms with Crippen molar-refractivity contribution in [2.45, 2.75) is 26.2 Å². The van der Waals surface area contributed by atoms with E-state index in [9.17, 15) is 14.7 Å². The summed E-state index contributed by atoms with van der Waals surface area (Å²) in [5, 5.41) is 10.3. The van der Waals surface area contributed by atoms with Crippen molar-refractivity contribution in [2.24, 2.45) is 23.7 Å². The first-order valence-electron chi connectivity index (χ1n) is 9.48. The Labute approximate surface area is 158 Å². The van der Waals surface area contributed by atoms with E-state index in [4.69, 9.17) is 11.6 Å². The standard InChI is InChI=1S/C20H25ClN2O3/c1-12-2-5-15(21)11-16(12)22-6-8-23(9-7-22)19(24)17-13-3-4-14(10-13)18(17)20(25)26/h2,5,11,13-14,17-18H,3-4,6-10H2,1H3,(H,25,26)/t13-,14+,17-,18+/m1/s1. The van der Waals surface area contributed by atoms with E-state index in [1.807, 2.05) is 23.1 Å². The molecule has 6 heteroatoms. The third kappa shape index (κ3) is 2.96. The first-order chi connectivity index (χ1) is 12.5. The molecule has 0 spiro atoms. The van der Waals surface area contributed by atoms with Gasteiger partial charge in [-0.3, -0.25) is 9.59 Å². The minimum absolute atomic E-state index is 0.0621. The Bertz CT molecular complexity index is 730. The number of carbonyl (C=O) groups excluding carboxylic acids is 1. The Morgan fingerprint density at radius 3 is 2.38 bits per heavy atom. The van der Waals surface area contributed by atoms with E-state index in [2.05, 4.69) is 11.8 Å². The Hall–Kier alpha value is -1.75. The highest BCUT2D eigenvalue weighted by atomic mass is 35.5. The molecule has 3 aliphatic rings. The number of hydrogen-bond acceptors (Lipinski definition) is 3. The van der Waals surface area contributed by atoms with Crippen LogP contribution in [-0.4, -0.2) is 48.1 Å². The van der Waals surface area contributed by atoms with Gasteiger partial charge in [-0.25, -0.2) is 0 Å². The second kappa shape index (κ2) is 6.76. The molecule has 1 aromatic carbocycles. The van der Waals surface area contributed by atoms with Crippen molar-refractivity contribution in [3.8, 4) is 0 Å². The number of rotatable bonds is 3. The van der Waals surface area contributed by atoms with Gasteiger partial charge in [-0.1, -0.05) is 17.7 Å². The van der Waals surface area contributed by atoms with Gasteiger partial charge < -0.3 is 14.9 Å². The van der Waals surface area contributed by atoms with Gasteiger partial charge >= 0.3 is 5.97 Å². The minimum Gasteiger partial charge on any atom is -0.481 e. The summed E-state index contributed by atoms with van der Waals surface area (Å²) in [7, 11) is 0. The van der Waals surface area contributed by atoms with Crippen molar-refractivity contribution < 1.29 is 14.7 Å². The number of carboxylic acid groups (broad SMARTS) is 1. The largest absolute Gasteiger partial charge is 0.481 e. The number of carboxylic acids is 1. The number of amides is 1. The summed E-state index contributed by atoms with van der Waals surface area (Å²) in [6.45, 7) is 4.86. The molecule has 1 aromatic rings. The SMILES string of the molecule is Cc1ccc(Cl)cc1N1CCN(C(=O)[C@@H]2[C@@H]3CC[C@@H](C3)[C@@H]2C(=O)O)CC1. The van der Waals surface area contributed by atoms with Crippen LogP contribution in [0.5, 0.6) is 0 Å². The number of benzene rings is 1. The maximum absolute atomic E-state index is 13.1. The molecule has 0 radical (unpaired) electrons. The normalized spacial score (nSPS) is 30.7. The van der Waals surface area contributed by atoms with Crippen LogP contribution >= 0.6 is 11.6 Å². The highest BCUT2D eigenvalue weighted by Gasteiger charge is 2.54. The van der Waals surface area contributed by atoms with Crippen LogP contribution < -0.4 is 4.90 Å². The summed E-state index contributed by atoms with van der Waals surface area (Å²) in [6, 6.07) is 5.88. The van der Waals surface area contributed by atoms with Gasteiger partial charge in [0.2, 0.25) is 5.91 Å². The molecule has 2 saturated carbocycles. The number of nitrogens with zero attached hydrogens (tertiary/aromatic N) is 2. The molecule has 26 heavy (non-hydrogen) atoms. The van der Waals surface area contributed by atoms with E-state index in [0.29, 0.717) is 13.1 Å². The van der Waals surface area contributed by atoms with Crippen LogP contribution in [0.2, 0.25) is 5.02 Å². The number of halogens is 1. The molecular formula is C20H25ClN2O3. The maximum Gasteiger partial charge on any atom is 0.307 e. The molecule has 1 aliphatic heterocycles. The van der Waals surface area contributed by atoms with Crippen LogP contribution in [0.15, 0.2) is 18.2 Å². The number of aryl methyl sites for hydroxylation is 1. The van der Waals surface area contributed by atoms with Gasteiger partial charge in [-0.2, -0.15) is 0 Å². The van der Waals surface area contributed by atoms with Crippen LogP contribution in [0.4, 0.5) is 5.69 Å². The predicted molar refractivity (Wildman–Crippen MR) is 100 cm³/mol. The fourth-order valence-corrected chi connectivity index (χ4v) is 5.47. The van der Waals surface area contributed by atoms with Crippen LogP contribution in [0.3, 0.4) is 0 Å². The average Bonchev–Trinajstić information content (AvgIpc) is 3.24. The number of fused-ring (bicyclic) bond motifs is 2. The molecule has 1 heterocycles. The lowest BCUT2D eigenvalue weighted by Crippen LogP contribution is -2.52. The second-order valence-electron chi connectivity index (χ2n) is 7.97.